The molecule has 1 aliphatic heterocycles. The van der Waals surface area contributed by atoms with Crippen molar-refractivity contribution in [2.45, 2.75) is 31.9 Å². The van der Waals surface area contributed by atoms with Crippen LogP contribution in [0.5, 0.6) is 5.75 Å². The number of carbonyl (C=O) groups is 1. The Morgan fingerprint density at radius 3 is 3.00 bits per heavy atom. The Bertz CT molecular complexity index is 688. The van der Waals surface area contributed by atoms with Gasteiger partial charge >= 0.3 is 0 Å². The van der Waals surface area contributed by atoms with Gasteiger partial charge in [-0.1, -0.05) is 6.07 Å². The molecule has 2 aromatic rings. The summed E-state index contributed by atoms with van der Waals surface area (Å²) in [6.45, 7) is 1.14. The quantitative estimate of drug-likeness (QED) is 0.855. The van der Waals surface area contributed by atoms with Gasteiger partial charge in [0.2, 0.25) is 5.91 Å². The summed E-state index contributed by atoms with van der Waals surface area (Å²) in [5.74, 6) is -0.491. The van der Waals surface area contributed by atoms with Gasteiger partial charge in [-0.2, -0.15) is 0 Å². The standard InChI is InChI=1S/C18H20FN3O2/c19-16-10-14(22-18(23)11-13-5-3-9-20-13)6-7-17(16)24-12-15-4-1-2-8-21-15/h1-2,4,6-8,10,13,20H,3,5,9,11-12H2,(H,22,23). The first-order chi connectivity index (χ1) is 11.7. The number of nitrogens with one attached hydrogen (secondary N) is 2. The van der Waals surface area contributed by atoms with Gasteiger partial charge in [0.25, 0.3) is 0 Å². The number of benzene rings is 1. The number of anilines is 1. The molecule has 0 bridgehead atoms. The fraction of sp³-hybridized carbons (Fsp3) is 0.333. The van der Waals surface area contributed by atoms with E-state index in [1.165, 1.54) is 12.1 Å². The number of ether oxygens (including phenoxy) is 1. The van der Waals surface area contributed by atoms with Crippen molar-refractivity contribution in [3.63, 3.8) is 0 Å². The third-order valence-corrected chi connectivity index (χ3v) is 3.91. The Morgan fingerprint density at radius 2 is 2.29 bits per heavy atom. The van der Waals surface area contributed by atoms with Gasteiger partial charge in [0.1, 0.15) is 6.61 Å². The second-order valence-corrected chi connectivity index (χ2v) is 5.80. The molecule has 5 nitrogen and oxygen atoms in total. The molecule has 3 rings (SSSR count). The second-order valence-electron chi connectivity index (χ2n) is 5.80. The summed E-state index contributed by atoms with van der Waals surface area (Å²) in [6.07, 6.45) is 4.16. The highest BCUT2D eigenvalue weighted by molar-refractivity contribution is 5.91. The summed E-state index contributed by atoms with van der Waals surface area (Å²) in [7, 11) is 0. The van der Waals surface area contributed by atoms with Crippen LogP contribution in [0, 0.1) is 5.82 Å². The molecule has 126 valence electrons. The van der Waals surface area contributed by atoms with Crippen molar-refractivity contribution < 1.29 is 13.9 Å². The Labute approximate surface area is 140 Å². The molecule has 1 saturated heterocycles. The molecule has 0 saturated carbocycles. The maximum Gasteiger partial charge on any atom is 0.225 e. The minimum absolute atomic E-state index is 0.115. The van der Waals surface area contributed by atoms with E-state index in [1.54, 1.807) is 12.3 Å². The number of rotatable bonds is 6. The molecule has 1 amide bonds. The fourth-order valence-corrected chi connectivity index (χ4v) is 2.70. The van der Waals surface area contributed by atoms with E-state index >= 15 is 0 Å². The maximum atomic E-state index is 14.1. The Kier molecular flexibility index (Phi) is 5.38. The van der Waals surface area contributed by atoms with Crippen molar-refractivity contribution in [3.05, 3.63) is 54.1 Å². The number of hydrogen-bond donors (Lipinski definition) is 2. The summed E-state index contributed by atoms with van der Waals surface area (Å²) in [5.41, 5.74) is 1.15. The molecule has 24 heavy (non-hydrogen) atoms. The van der Waals surface area contributed by atoms with E-state index < -0.39 is 5.82 Å². The highest BCUT2D eigenvalue weighted by Crippen LogP contribution is 2.22. The van der Waals surface area contributed by atoms with E-state index in [0.29, 0.717) is 12.1 Å². The number of nitrogens with zero attached hydrogens (tertiary/aromatic N) is 1. The first kappa shape index (κ1) is 16.4. The molecule has 1 aliphatic rings. The van der Waals surface area contributed by atoms with E-state index in [2.05, 4.69) is 15.6 Å². The van der Waals surface area contributed by atoms with E-state index in [9.17, 15) is 9.18 Å². The number of hydrogen-bond acceptors (Lipinski definition) is 4. The molecule has 1 unspecified atom stereocenters. The van der Waals surface area contributed by atoms with Gasteiger partial charge < -0.3 is 15.4 Å². The van der Waals surface area contributed by atoms with Crippen LogP contribution in [-0.2, 0) is 11.4 Å². The monoisotopic (exact) mass is 329 g/mol. The average molecular weight is 329 g/mol. The summed E-state index contributed by atoms with van der Waals surface area (Å²) >= 11 is 0. The van der Waals surface area contributed by atoms with Gasteiger partial charge in [0, 0.05) is 30.4 Å². The third kappa shape index (κ3) is 4.52. The topological polar surface area (TPSA) is 63.2 Å². The zero-order chi connectivity index (χ0) is 16.8. The molecule has 1 atom stereocenters. The summed E-state index contributed by atoms with van der Waals surface area (Å²) in [5, 5.41) is 5.99. The first-order valence-electron chi connectivity index (χ1n) is 8.06. The molecular weight excluding hydrogens is 309 g/mol. The molecule has 0 aliphatic carbocycles. The zero-order valence-electron chi connectivity index (χ0n) is 13.3. The van der Waals surface area contributed by atoms with Crippen molar-refractivity contribution in [2.75, 3.05) is 11.9 Å². The summed E-state index contributed by atoms with van der Waals surface area (Å²) < 4.78 is 19.5. The number of carbonyl (C=O) groups excluding carboxylic acids is 1. The van der Waals surface area contributed by atoms with Crippen molar-refractivity contribution >= 4 is 11.6 Å². The Balaban J connectivity index is 1.54. The van der Waals surface area contributed by atoms with Crippen LogP contribution in [0.2, 0.25) is 0 Å². The minimum atomic E-state index is -0.511. The minimum Gasteiger partial charge on any atom is -0.484 e. The number of aromatic nitrogens is 1. The van der Waals surface area contributed by atoms with Gasteiger partial charge in [-0.15, -0.1) is 0 Å². The molecule has 2 N–H and O–H groups in total. The third-order valence-electron chi connectivity index (χ3n) is 3.91. The van der Waals surface area contributed by atoms with Crippen molar-refractivity contribution in [2.24, 2.45) is 0 Å². The Hall–Kier alpha value is -2.47. The van der Waals surface area contributed by atoms with Crippen LogP contribution >= 0.6 is 0 Å². The van der Waals surface area contributed by atoms with Crippen LogP contribution in [0.3, 0.4) is 0 Å². The molecule has 1 fully saturated rings. The van der Waals surface area contributed by atoms with Gasteiger partial charge in [-0.3, -0.25) is 9.78 Å². The van der Waals surface area contributed by atoms with Gasteiger partial charge in [0.15, 0.2) is 11.6 Å². The largest absolute Gasteiger partial charge is 0.484 e. The zero-order valence-corrected chi connectivity index (χ0v) is 13.3. The lowest BCUT2D eigenvalue weighted by Crippen LogP contribution is -2.27. The second kappa shape index (κ2) is 7.88. The van der Waals surface area contributed by atoms with E-state index in [0.717, 1.165) is 25.1 Å². The van der Waals surface area contributed by atoms with Crippen LogP contribution < -0.4 is 15.4 Å². The van der Waals surface area contributed by atoms with Crippen molar-refractivity contribution in [1.82, 2.24) is 10.3 Å². The molecule has 1 aromatic heterocycles. The molecular formula is C18H20FN3O2. The average Bonchev–Trinajstić information content (AvgIpc) is 3.08. The van der Waals surface area contributed by atoms with Gasteiger partial charge in [-0.25, -0.2) is 4.39 Å². The summed E-state index contributed by atoms with van der Waals surface area (Å²) in [4.78, 5) is 16.1. The molecule has 6 heteroatoms. The van der Waals surface area contributed by atoms with Gasteiger partial charge in [0.05, 0.1) is 5.69 Å². The summed E-state index contributed by atoms with van der Waals surface area (Å²) in [6, 6.07) is 10.1. The lowest BCUT2D eigenvalue weighted by molar-refractivity contribution is -0.116. The highest BCUT2D eigenvalue weighted by Gasteiger charge is 2.18. The number of pyridine rings is 1. The lowest BCUT2D eigenvalue weighted by atomic mass is 10.1. The molecule has 0 spiro atoms. The highest BCUT2D eigenvalue weighted by atomic mass is 19.1. The van der Waals surface area contributed by atoms with Crippen LogP contribution in [0.4, 0.5) is 10.1 Å². The smallest absolute Gasteiger partial charge is 0.225 e. The van der Waals surface area contributed by atoms with E-state index in [-0.39, 0.29) is 24.3 Å². The van der Waals surface area contributed by atoms with Crippen LogP contribution in [0.15, 0.2) is 42.6 Å². The normalized spacial score (nSPS) is 16.8. The SMILES string of the molecule is O=C(CC1CCCN1)Nc1ccc(OCc2ccccn2)c(F)c1. The number of amides is 1. The van der Waals surface area contributed by atoms with E-state index in [1.807, 2.05) is 18.2 Å². The fourth-order valence-electron chi connectivity index (χ4n) is 2.70. The van der Waals surface area contributed by atoms with Crippen LogP contribution in [0.25, 0.3) is 0 Å². The molecule has 1 aromatic carbocycles. The molecule has 0 radical (unpaired) electrons. The number of halogens is 1. The van der Waals surface area contributed by atoms with E-state index in [4.69, 9.17) is 4.74 Å². The van der Waals surface area contributed by atoms with Crippen molar-refractivity contribution in [1.29, 1.82) is 0 Å². The Morgan fingerprint density at radius 1 is 1.38 bits per heavy atom. The van der Waals surface area contributed by atoms with Crippen molar-refractivity contribution in [3.8, 4) is 5.75 Å². The maximum absolute atomic E-state index is 14.1. The predicted octanol–water partition coefficient (Wildman–Crippen LogP) is 2.88. The lowest BCUT2D eigenvalue weighted by Gasteiger charge is -2.12. The van der Waals surface area contributed by atoms with Gasteiger partial charge in [-0.05, 0) is 43.7 Å². The van der Waals surface area contributed by atoms with Crippen LogP contribution in [0.1, 0.15) is 25.0 Å². The van der Waals surface area contributed by atoms with Crippen LogP contribution in [-0.4, -0.2) is 23.5 Å². The first-order valence-corrected chi connectivity index (χ1v) is 8.06. The molecule has 2 heterocycles. The predicted molar refractivity (Wildman–Crippen MR) is 89.2 cm³/mol.